The first-order valence-corrected chi connectivity index (χ1v) is 8.58. The van der Waals surface area contributed by atoms with E-state index in [4.69, 9.17) is 0 Å². The third-order valence-electron chi connectivity index (χ3n) is 3.91. The average molecular weight is 290 g/mol. The van der Waals surface area contributed by atoms with Gasteiger partial charge in [0.05, 0.1) is 24.2 Å². The minimum absolute atomic E-state index is 0.0634. The summed E-state index contributed by atoms with van der Waals surface area (Å²) in [6, 6.07) is -0.231. The number of sulfone groups is 1. The molecular formula is C12H22N2O4S. The molecule has 3 unspecified atom stereocenters. The Hall–Kier alpha value is -0.660. The van der Waals surface area contributed by atoms with Crippen molar-refractivity contribution in [3.8, 4) is 0 Å². The van der Waals surface area contributed by atoms with E-state index in [2.05, 4.69) is 5.32 Å². The third-order valence-corrected chi connectivity index (χ3v) is 5.68. The number of nitrogens with zero attached hydrogens (tertiary/aromatic N) is 1. The number of nitrogens with one attached hydrogen (secondary N) is 1. The normalized spacial score (nSPS) is 35.2. The minimum atomic E-state index is -2.95. The molecule has 2 heterocycles. The van der Waals surface area contributed by atoms with Gasteiger partial charge in [-0.2, -0.15) is 0 Å². The molecule has 7 heteroatoms. The van der Waals surface area contributed by atoms with Gasteiger partial charge >= 0.3 is 0 Å². The first-order valence-electron chi connectivity index (χ1n) is 6.76. The van der Waals surface area contributed by atoms with Crippen LogP contribution in [0.4, 0.5) is 0 Å². The standard InChI is InChI=1S/C12H22N2O4S/c1-9-6-14(4-2-11(9)15)7-12(16)13-10-3-5-19(17,18)8-10/h9-11,15H,2-8H2,1H3,(H,13,16). The molecule has 2 aliphatic heterocycles. The summed E-state index contributed by atoms with van der Waals surface area (Å²) < 4.78 is 22.6. The van der Waals surface area contributed by atoms with E-state index in [-0.39, 0.29) is 42.0 Å². The molecule has 2 saturated heterocycles. The zero-order chi connectivity index (χ0) is 14.0. The molecule has 0 spiro atoms. The Balaban J connectivity index is 1.76. The van der Waals surface area contributed by atoms with E-state index >= 15 is 0 Å². The monoisotopic (exact) mass is 290 g/mol. The summed E-state index contributed by atoms with van der Waals surface area (Å²) in [7, 11) is -2.95. The number of aliphatic hydroxyl groups is 1. The summed E-state index contributed by atoms with van der Waals surface area (Å²) in [5.41, 5.74) is 0. The van der Waals surface area contributed by atoms with Crippen molar-refractivity contribution in [2.24, 2.45) is 5.92 Å². The average Bonchev–Trinajstić information content (AvgIpc) is 2.63. The van der Waals surface area contributed by atoms with Gasteiger partial charge < -0.3 is 10.4 Å². The number of rotatable bonds is 3. The molecule has 0 aromatic rings. The second-order valence-corrected chi connectivity index (χ2v) is 7.96. The van der Waals surface area contributed by atoms with Gasteiger partial charge in [0, 0.05) is 19.1 Å². The molecule has 110 valence electrons. The molecule has 2 aliphatic rings. The molecule has 3 atom stereocenters. The number of amides is 1. The Morgan fingerprint density at radius 3 is 2.74 bits per heavy atom. The Morgan fingerprint density at radius 1 is 1.42 bits per heavy atom. The van der Waals surface area contributed by atoms with Gasteiger partial charge in [-0.3, -0.25) is 9.69 Å². The van der Waals surface area contributed by atoms with Gasteiger partial charge in [-0.05, 0) is 18.8 Å². The first kappa shape index (κ1) is 14.7. The van der Waals surface area contributed by atoms with E-state index in [1.807, 2.05) is 11.8 Å². The number of likely N-dealkylation sites (tertiary alicyclic amines) is 1. The molecule has 0 aromatic heterocycles. The van der Waals surface area contributed by atoms with Crippen LogP contribution in [0.25, 0.3) is 0 Å². The predicted molar refractivity (Wildman–Crippen MR) is 71.4 cm³/mol. The fourth-order valence-electron chi connectivity index (χ4n) is 2.75. The lowest BCUT2D eigenvalue weighted by atomic mass is 9.97. The van der Waals surface area contributed by atoms with Gasteiger partial charge in [-0.1, -0.05) is 6.92 Å². The Bertz CT molecular complexity index is 437. The molecular weight excluding hydrogens is 268 g/mol. The minimum Gasteiger partial charge on any atom is -0.393 e. The molecule has 0 saturated carbocycles. The SMILES string of the molecule is CC1CN(CC(=O)NC2CCS(=O)(=O)C2)CCC1O. The van der Waals surface area contributed by atoms with Crippen molar-refractivity contribution < 1.29 is 18.3 Å². The largest absolute Gasteiger partial charge is 0.393 e. The van der Waals surface area contributed by atoms with Gasteiger partial charge in [0.15, 0.2) is 9.84 Å². The van der Waals surface area contributed by atoms with Crippen molar-refractivity contribution >= 4 is 15.7 Å². The molecule has 2 fully saturated rings. The molecule has 2 rings (SSSR count). The highest BCUT2D eigenvalue weighted by molar-refractivity contribution is 7.91. The zero-order valence-electron chi connectivity index (χ0n) is 11.2. The van der Waals surface area contributed by atoms with Crippen LogP contribution in [0.2, 0.25) is 0 Å². The summed E-state index contributed by atoms with van der Waals surface area (Å²) in [6.45, 7) is 3.67. The topological polar surface area (TPSA) is 86.7 Å². The summed E-state index contributed by atoms with van der Waals surface area (Å²) >= 11 is 0. The van der Waals surface area contributed by atoms with E-state index in [0.29, 0.717) is 25.9 Å². The van der Waals surface area contributed by atoms with Crippen LogP contribution in [0.5, 0.6) is 0 Å². The van der Waals surface area contributed by atoms with Gasteiger partial charge in [-0.15, -0.1) is 0 Å². The van der Waals surface area contributed by atoms with Gasteiger partial charge in [0.1, 0.15) is 0 Å². The fourth-order valence-corrected chi connectivity index (χ4v) is 4.42. The number of carbonyl (C=O) groups is 1. The molecule has 6 nitrogen and oxygen atoms in total. The highest BCUT2D eigenvalue weighted by Crippen LogP contribution is 2.16. The van der Waals surface area contributed by atoms with Crippen molar-refractivity contribution in [1.29, 1.82) is 0 Å². The van der Waals surface area contributed by atoms with E-state index in [1.54, 1.807) is 0 Å². The maximum Gasteiger partial charge on any atom is 0.234 e. The maximum absolute atomic E-state index is 11.9. The van der Waals surface area contributed by atoms with E-state index in [1.165, 1.54) is 0 Å². The van der Waals surface area contributed by atoms with Crippen molar-refractivity contribution in [2.75, 3.05) is 31.1 Å². The first-order chi connectivity index (χ1) is 8.85. The van der Waals surface area contributed by atoms with Crippen molar-refractivity contribution in [3.05, 3.63) is 0 Å². The van der Waals surface area contributed by atoms with E-state index in [0.717, 1.165) is 0 Å². The summed E-state index contributed by atoms with van der Waals surface area (Å²) in [4.78, 5) is 13.9. The van der Waals surface area contributed by atoms with Crippen LogP contribution in [-0.4, -0.2) is 67.6 Å². The van der Waals surface area contributed by atoms with Crippen LogP contribution in [0, 0.1) is 5.92 Å². The number of hydrogen-bond acceptors (Lipinski definition) is 5. The lowest BCUT2D eigenvalue weighted by Gasteiger charge is -2.34. The van der Waals surface area contributed by atoms with Gasteiger partial charge in [-0.25, -0.2) is 8.42 Å². The molecule has 0 radical (unpaired) electrons. The third kappa shape index (κ3) is 4.15. The lowest BCUT2D eigenvalue weighted by Crippen LogP contribution is -2.48. The molecule has 0 aliphatic carbocycles. The van der Waals surface area contributed by atoms with Crippen LogP contribution in [0.1, 0.15) is 19.8 Å². The Morgan fingerprint density at radius 2 is 2.16 bits per heavy atom. The van der Waals surface area contributed by atoms with Gasteiger partial charge in [0.25, 0.3) is 0 Å². The number of aliphatic hydroxyl groups excluding tert-OH is 1. The van der Waals surface area contributed by atoms with Crippen molar-refractivity contribution in [1.82, 2.24) is 10.2 Å². The second-order valence-electron chi connectivity index (χ2n) is 5.74. The van der Waals surface area contributed by atoms with Crippen molar-refractivity contribution in [3.63, 3.8) is 0 Å². The second kappa shape index (κ2) is 5.76. The number of piperidine rings is 1. The fraction of sp³-hybridized carbons (Fsp3) is 0.917. The van der Waals surface area contributed by atoms with Crippen LogP contribution >= 0.6 is 0 Å². The molecule has 2 N–H and O–H groups in total. The van der Waals surface area contributed by atoms with E-state index < -0.39 is 9.84 Å². The van der Waals surface area contributed by atoms with Crippen LogP contribution in [0.15, 0.2) is 0 Å². The van der Waals surface area contributed by atoms with Crippen LogP contribution in [0.3, 0.4) is 0 Å². The molecule has 0 bridgehead atoms. The summed E-state index contributed by atoms with van der Waals surface area (Å²) in [6.07, 6.45) is 0.925. The molecule has 1 amide bonds. The van der Waals surface area contributed by atoms with E-state index in [9.17, 15) is 18.3 Å². The Kier molecular flexibility index (Phi) is 4.47. The number of carbonyl (C=O) groups excluding carboxylic acids is 1. The van der Waals surface area contributed by atoms with Crippen LogP contribution < -0.4 is 5.32 Å². The lowest BCUT2D eigenvalue weighted by molar-refractivity contribution is -0.123. The summed E-state index contributed by atoms with van der Waals surface area (Å²) in [5, 5.41) is 12.4. The molecule has 19 heavy (non-hydrogen) atoms. The van der Waals surface area contributed by atoms with Crippen molar-refractivity contribution in [2.45, 2.75) is 31.9 Å². The van der Waals surface area contributed by atoms with Crippen LogP contribution in [-0.2, 0) is 14.6 Å². The highest BCUT2D eigenvalue weighted by Gasteiger charge is 2.30. The highest BCUT2D eigenvalue weighted by atomic mass is 32.2. The Labute approximate surface area is 114 Å². The molecule has 0 aromatic carbocycles. The smallest absolute Gasteiger partial charge is 0.234 e. The number of hydrogen-bond donors (Lipinski definition) is 2. The van der Waals surface area contributed by atoms with Gasteiger partial charge in [0.2, 0.25) is 5.91 Å². The zero-order valence-corrected chi connectivity index (χ0v) is 12.0. The summed E-state index contributed by atoms with van der Waals surface area (Å²) in [5.74, 6) is 0.290. The maximum atomic E-state index is 11.9. The quantitative estimate of drug-likeness (QED) is 0.696. The predicted octanol–water partition coefficient (Wildman–Crippen LogP) is -1.01.